The highest BCUT2D eigenvalue weighted by Crippen LogP contribution is 2.31. The molecule has 2 aromatic rings. The number of aliphatic carboxylic acids is 1. The van der Waals surface area contributed by atoms with Crippen LogP contribution in [0.3, 0.4) is 0 Å². The number of methoxy groups -OCH3 is 2. The summed E-state index contributed by atoms with van der Waals surface area (Å²) in [4.78, 5) is 23.9. The van der Waals surface area contributed by atoms with Crippen molar-refractivity contribution >= 4 is 33.3 Å². The molecule has 1 amide bonds. The minimum atomic E-state index is -5.08. The molecule has 11 nitrogen and oxygen atoms in total. The molecule has 1 aliphatic rings. The van der Waals surface area contributed by atoms with E-state index in [1.807, 2.05) is 13.8 Å². The number of nitrogens with zero attached hydrogens (tertiary/aromatic N) is 1. The maximum atomic E-state index is 13.1. The molecule has 39 heavy (non-hydrogen) atoms. The molecule has 2 aromatic carbocycles. The zero-order chi connectivity index (χ0) is 29.4. The number of alkyl halides is 3. The summed E-state index contributed by atoms with van der Waals surface area (Å²) >= 11 is 0. The van der Waals surface area contributed by atoms with Crippen molar-refractivity contribution in [1.29, 1.82) is 0 Å². The first kappa shape index (κ1) is 31.5. The number of anilines is 2. The lowest BCUT2D eigenvalue weighted by molar-refractivity contribution is -0.192. The second kappa shape index (κ2) is 13.4. The van der Waals surface area contributed by atoms with Crippen LogP contribution in [0.1, 0.15) is 24.2 Å². The summed E-state index contributed by atoms with van der Waals surface area (Å²) in [6, 6.07) is 9.49. The van der Waals surface area contributed by atoms with E-state index >= 15 is 0 Å². The molecule has 0 radical (unpaired) electrons. The van der Waals surface area contributed by atoms with Crippen LogP contribution in [0.4, 0.5) is 24.5 Å². The number of carboxylic acids is 1. The van der Waals surface area contributed by atoms with Gasteiger partial charge in [-0.05, 0) is 44.2 Å². The third-order valence-electron chi connectivity index (χ3n) is 5.27. The minimum absolute atomic E-state index is 0.0558. The third-order valence-corrected chi connectivity index (χ3v) is 6.68. The van der Waals surface area contributed by atoms with E-state index in [4.69, 9.17) is 19.4 Å². The Labute approximate surface area is 224 Å². The molecule has 1 saturated heterocycles. The molecular formula is C24H31F3N4O7S. The number of halogens is 3. The van der Waals surface area contributed by atoms with E-state index in [-0.39, 0.29) is 28.3 Å². The van der Waals surface area contributed by atoms with Gasteiger partial charge in [-0.1, -0.05) is 0 Å². The van der Waals surface area contributed by atoms with Crippen molar-refractivity contribution in [3.63, 3.8) is 0 Å². The number of piperazine rings is 1. The zero-order valence-corrected chi connectivity index (χ0v) is 22.6. The predicted octanol–water partition coefficient (Wildman–Crippen LogP) is 2.69. The van der Waals surface area contributed by atoms with Gasteiger partial charge in [0, 0.05) is 49.7 Å². The number of sulfonamides is 1. The molecule has 1 fully saturated rings. The van der Waals surface area contributed by atoms with Crippen LogP contribution >= 0.6 is 0 Å². The number of amides is 1. The Morgan fingerprint density at radius 1 is 1.05 bits per heavy atom. The van der Waals surface area contributed by atoms with Gasteiger partial charge in [-0.15, -0.1) is 0 Å². The first-order valence-corrected chi connectivity index (χ1v) is 13.1. The molecular weight excluding hydrogens is 545 g/mol. The molecule has 1 heterocycles. The number of carboxylic acid groups (broad SMARTS) is 1. The van der Waals surface area contributed by atoms with Crippen molar-refractivity contribution in [2.45, 2.75) is 31.0 Å². The lowest BCUT2D eigenvalue weighted by Crippen LogP contribution is -2.44. The minimum Gasteiger partial charge on any atom is -0.497 e. The highest BCUT2D eigenvalue weighted by molar-refractivity contribution is 7.92. The van der Waals surface area contributed by atoms with Crippen molar-refractivity contribution < 1.29 is 45.8 Å². The molecule has 0 atom stereocenters. The molecule has 0 spiro atoms. The van der Waals surface area contributed by atoms with Gasteiger partial charge in [0.15, 0.2) is 0 Å². The van der Waals surface area contributed by atoms with Gasteiger partial charge in [0.1, 0.15) is 16.4 Å². The number of rotatable bonds is 8. The second-order valence-electron chi connectivity index (χ2n) is 8.52. The number of ether oxygens (including phenoxy) is 2. The molecule has 0 saturated carbocycles. The van der Waals surface area contributed by atoms with Crippen LogP contribution in [0.5, 0.6) is 11.5 Å². The lowest BCUT2D eigenvalue weighted by atomic mass is 10.1. The normalized spacial score (nSPS) is 13.7. The van der Waals surface area contributed by atoms with Gasteiger partial charge in [-0.2, -0.15) is 13.2 Å². The quantitative estimate of drug-likeness (QED) is 0.373. The van der Waals surface area contributed by atoms with Crippen LogP contribution in [0.2, 0.25) is 0 Å². The van der Waals surface area contributed by atoms with Crippen LogP contribution < -0.4 is 29.7 Å². The van der Waals surface area contributed by atoms with Gasteiger partial charge in [0.05, 0.1) is 19.8 Å². The van der Waals surface area contributed by atoms with Gasteiger partial charge in [0.2, 0.25) is 0 Å². The van der Waals surface area contributed by atoms with Crippen molar-refractivity contribution in [3.8, 4) is 11.5 Å². The number of carbonyl (C=O) groups excluding carboxylic acids is 1. The van der Waals surface area contributed by atoms with Gasteiger partial charge >= 0.3 is 12.1 Å². The summed E-state index contributed by atoms with van der Waals surface area (Å²) in [7, 11) is -1.14. The van der Waals surface area contributed by atoms with Gasteiger partial charge < -0.3 is 30.1 Å². The SMILES string of the molecule is COc1ccc(OC)c(S(=O)(=O)Nc2ccc(N3CCNCC3)c(C(=O)NC(C)C)c2)c1.O=C(O)C(F)(F)F. The summed E-state index contributed by atoms with van der Waals surface area (Å²) in [6.45, 7) is 6.90. The summed E-state index contributed by atoms with van der Waals surface area (Å²) < 4.78 is 70.9. The Bertz CT molecular complexity index is 1260. The van der Waals surface area contributed by atoms with Crippen LogP contribution in [0.25, 0.3) is 0 Å². The fraction of sp³-hybridized carbons (Fsp3) is 0.417. The molecule has 15 heteroatoms. The van der Waals surface area contributed by atoms with Gasteiger partial charge in [-0.25, -0.2) is 13.2 Å². The molecule has 0 bridgehead atoms. The predicted molar refractivity (Wildman–Crippen MR) is 138 cm³/mol. The van der Waals surface area contributed by atoms with Gasteiger partial charge in [0.25, 0.3) is 15.9 Å². The van der Waals surface area contributed by atoms with E-state index in [0.717, 1.165) is 31.9 Å². The van der Waals surface area contributed by atoms with Crippen molar-refractivity contribution in [1.82, 2.24) is 10.6 Å². The Kier molecular flexibility index (Phi) is 10.8. The summed E-state index contributed by atoms with van der Waals surface area (Å²) in [5.41, 5.74) is 1.47. The number of hydrogen-bond acceptors (Lipinski definition) is 8. The Balaban J connectivity index is 0.000000673. The standard InChI is InChI=1S/C22H30N4O5S.C2HF3O2/c1-15(2)24-22(27)18-13-16(5-7-19(18)26-11-9-23-10-12-26)25-32(28,29)21-14-17(30-3)6-8-20(21)31-4;3-2(4,5)1(6)7/h5-8,13-15,23,25H,9-12H2,1-4H3,(H,24,27);(H,6,7). The van der Waals surface area contributed by atoms with E-state index in [0.29, 0.717) is 11.3 Å². The topological polar surface area (TPSA) is 146 Å². The zero-order valence-electron chi connectivity index (χ0n) is 21.8. The van der Waals surface area contributed by atoms with Crippen LogP contribution in [0.15, 0.2) is 41.3 Å². The molecule has 0 aromatic heterocycles. The summed E-state index contributed by atoms with van der Waals surface area (Å²) in [5, 5.41) is 13.3. The molecule has 216 valence electrons. The van der Waals surface area contributed by atoms with Crippen LogP contribution in [-0.2, 0) is 14.8 Å². The largest absolute Gasteiger partial charge is 0.497 e. The van der Waals surface area contributed by atoms with Crippen LogP contribution in [0, 0.1) is 0 Å². The third kappa shape index (κ3) is 8.92. The molecule has 4 N–H and O–H groups in total. The van der Waals surface area contributed by atoms with Gasteiger partial charge in [-0.3, -0.25) is 9.52 Å². The number of benzene rings is 2. The summed E-state index contributed by atoms with van der Waals surface area (Å²) in [5.74, 6) is -2.44. The average Bonchev–Trinajstić information content (AvgIpc) is 2.88. The van der Waals surface area contributed by atoms with Crippen LogP contribution in [-0.4, -0.2) is 78.0 Å². The van der Waals surface area contributed by atoms with E-state index in [9.17, 15) is 26.4 Å². The van der Waals surface area contributed by atoms with E-state index in [1.54, 1.807) is 24.3 Å². The van der Waals surface area contributed by atoms with E-state index in [1.165, 1.54) is 26.4 Å². The van der Waals surface area contributed by atoms with E-state index < -0.39 is 22.2 Å². The van der Waals surface area contributed by atoms with Crippen molar-refractivity contribution in [2.24, 2.45) is 0 Å². The highest BCUT2D eigenvalue weighted by Gasteiger charge is 2.38. The average molecular weight is 577 g/mol. The number of hydrogen-bond donors (Lipinski definition) is 4. The maximum absolute atomic E-state index is 13.1. The molecule has 3 rings (SSSR count). The highest BCUT2D eigenvalue weighted by atomic mass is 32.2. The summed E-state index contributed by atoms with van der Waals surface area (Å²) in [6.07, 6.45) is -5.08. The molecule has 0 unspecified atom stereocenters. The maximum Gasteiger partial charge on any atom is 0.490 e. The number of nitrogens with one attached hydrogen (secondary N) is 3. The Morgan fingerprint density at radius 3 is 2.18 bits per heavy atom. The smallest absolute Gasteiger partial charge is 0.490 e. The fourth-order valence-corrected chi connectivity index (χ4v) is 4.74. The van der Waals surface area contributed by atoms with Crippen molar-refractivity contribution in [2.75, 3.05) is 50.0 Å². The van der Waals surface area contributed by atoms with Crippen molar-refractivity contribution in [3.05, 3.63) is 42.0 Å². The fourth-order valence-electron chi connectivity index (χ4n) is 3.51. The Hall–Kier alpha value is -3.72. The Morgan fingerprint density at radius 2 is 1.67 bits per heavy atom. The molecule has 1 aliphatic heterocycles. The monoisotopic (exact) mass is 576 g/mol. The number of carbonyl (C=O) groups is 2. The second-order valence-corrected chi connectivity index (χ2v) is 10.2. The lowest BCUT2D eigenvalue weighted by Gasteiger charge is -2.31. The first-order valence-electron chi connectivity index (χ1n) is 11.6. The van der Waals surface area contributed by atoms with E-state index in [2.05, 4.69) is 20.3 Å². The molecule has 0 aliphatic carbocycles. The first-order chi connectivity index (χ1) is 18.2.